The SMILES string of the molecule is CC[C@@H](C)NC(=O)c1cc(CN2CCOCC2)ccc1NC(=O)c1csc(N2CC(OC)C2)n1. The monoisotopic (exact) mass is 487 g/mol. The van der Waals surface area contributed by atoms with Crippen LogP contribution in [0.1, 0.15) is 46.7 Å². The van der Waals surface area contributed by atoms with E-state index in [1.165, 1.54) is 11.3 Å². The predicted octanol–water partition coefficient (Wildman–Crippen LogP) is 2.59. The number of thiazole rings is 1. The number of aromatic nitrogens is 1. The number of ether oxygens (including phenoxy) is 2. The molecule has 0 saturated carbocycles. The molecule has 1 aromatic heterocycles. The zero-order chi connectivity index (χ0) is 24.1. The largest absolute Gasteiger partial charge is 0.379 e. The molecule has 0 radical (unpaired) electrons. The zero-order valence-electron chi connectivity index (χ0n) is 20.0. The van der Waals surface area contributed by atoms with Crippen LogP contribution < -0.4 is 15.5 Å². The molecule has 10 heteroatoms. The molecule has 2 amide bonds. The highest BCUT2D eigenvalue weighted by atomic mass is 32.1. The molecule has 1 atom stereocenters. The molecule has 1 aromatic carbocycles. The molecule has 2 N–H and O–H groups in total. The van der Waals surface area contributed by atoms with Gasteiger partial charge >= 0.3 is 0 Å². The molecular formula is C24H33N5O4S. The predicted molar refractivity (Wildman–Crippen MR) is 133 cm³/mol. The average Bonchev–Trinajstić information content (AvgIpc) is 3.30. The summed E-state index contributed by atoms with van der Waals surface area (Å²) in [5.74, 6) is -0.525. The van der Waals surface area contributed by atoms with Gasteiger partial charge in [-0.25, -0.2) is 4.98 Å². The van der Waals surface area contributed by atoms with Gasteiger partial charge in [-0.2, -0.15) is 0 Å². The lowest BCUT2D eigenvalue weighted by atomic mass is 10.1. The van der Waals surface area contributed by atoms with Crippen LogP contribution in [-0.2, 0) is 16.0 Å². The van der Waals surface area contributed by atoms with Gasteiger partial charge in [0.2, 0.25) is 0 Å². The summed E-state index contributed by atoms with van der Waals surface area (Å²) in [6, 6.07) is 5.68. The van der Waals surface area contributed by atoms with Crippen LogP contribution in [-0.4, -0.2) is 80.3 Å². The second-order valence-electron chi connectivity index (χ2n) is 8.78. The maximum absolute atomic E-state index is 13.1. The number of hydrogen-bond acceptors (Lipinski definition) is 8. The van der Waals surface area contributed by atoms with E-state index in [9.17, 15) is 9.59 Å². The summed E-state index contributed by atoms with van der Waals surface area (Å²) in [7, 11) is 1.70. The highest BCUT2D eigenvalue weighted by Gasteiger charge is 2.29. The van der Waals surface area contributed by atoms with Gasteiger partial charge in [-0.15, -0.1) is 11.3 Å². The first-order valence-electron chi connectivity index (χ1n) is 11.7. The van der Waals surface area contributed by atoms with Crippen molar-refractivity contribution in [3.8, 4) is 0 Å². The Kier molecular flexibility index (Phi) is 8.15. The van der Waals surface area contributed by atoms with Crippen molar-refractivity contribution in [1.82, 2.24) is 15.2 Å². The number of amides is 2. The summed E-state index contributed by atoms with van der Waals surface area (Å²) in [4.78, 5) is 34.9. The van der Waals surface area contributed by atoms with Crippen molar-refractivity contribution in [2.45, 2.75) is 39.0 Å². The van der Waals surface area contributed by atoms with Crippen molar-refractivity contribution in [2.75, 3.05) is 56.7 Å². The Morgan fingerprint density at radius 3 is 2.74 bits per heavy atom. The fourth-order valence-electron chi connectivity index (χ4n) is 3.85. The van der Waals surface area contributed by atoms with Gasteiger partial charge < -0.3 is 25.0 Å². The van der Waals surface area contributed by atoms with E-state index < -0.39 is 0 Å². The minimum atomic E-state index is -0.329. The first-order chi connectivity index (χ1) is 16.5. The third-order valence-corrected chi connectivity index (χ3v) is 7.15. The summed E-state index contributed by atoms with van der Waals surface area (Å²) >= 11 is 1.43. The lowest BCUT2D eigenvalue weighted by molar-refractivity contribution is 0.0342. The molecule has 2 aromatic rings. The van der Waals surface area contributed by atoms with Crippen LogP contribution in [0.5, 0.6) is 0 Å². The topological polar surface area (TPSA) is 96.0 Å². The summed E-state index contributed by atoms with van der Waals surface area (Å²) in [5.41, 5.74) is 2.30. The van der Waals surface area contributed by atoms with Crippen molar-refractivity contribution >= 4 is 34.0 Å². The molecule has 0 unspecified atom stereocenters. The van der Waals surface area contributed by atoms with E-state index >= 15 is 0 Å². The fourth-order valence-corrected chi connectivity index (χ4v) is 4.68. The molecule has 9 nitrogen and oxygen atoms in total. The van der Waals surface area contributed by atoms with E-state index in [1.807, 2.05) is 32.0 Å². The molecule has 3 heterocycles. The minimum absolute atomic E-state index is 0.0347. The Morgan fingerprint density at radius 1 is 1.26 bits per heavy atom. The molecule has 2 aliphatic heterocycles. The highest BCUT2D eigenvalue weighted by molar-refractivity contribution is 7.14. The summed E-state index contributed by atoms with van der Waals surface area (Å²) in [6.45, 7) is 9.43. The molecule has 184 valence electrons. The Hall–Kier alpha value is -2.53. The molecule has 2 aliphatic rings. The molecule has 2 fully saturated rings. The Bertz CT molecular complexity index is 1000. The molecular weight excluding hydrogens is 454 g/mol. The maximum atomic E-state index is 13.1. The van der Waals surface area contributed by atoms with Gasteiger partial charge in [-0.1, -0.05) is 13.0 Å². The van der Waals surface area contributed by atoms with Gasteiger partial charge in [-0.3, -0.25) is 14.5 Å². The van der Waals surface area contributed by atoms with Gasteiger partial charge in [0.15, 0.2) is 5.13 Å². The van der Waals surface area contributed by atoms with E-state index in [2.05, 4.69) is 25.4 Å². The van der Waals surface area contributed by atoms with Gasteiger partial charge in [0.25, 0.3) is 11.8 Å². The number of methoxy groups -OCH3 is 1. The van der Waals surface area contributed by atoms with Crippen LogP contribution in [0.25, 0.3) is 0 Å². The Balaban J connectivity index is 1.49. The first-order valence-corrected chi connectivity index (χ1v) is 12.6. The smallest absolute Gasteiger partial charge is 0.275 e. The van der Waals surface area contributed by atoms with Crippen LogP contribution in [0.15, 0.2) is 23.6 Å². The molecule has 0 spiro atoms. The standard InChI is InChI=1S/C24H33N5O4S/c1-4-16(2)25-22(30)19-11-17(12-28-7-9-33-10-8-28)5-6-20(19)26-23(31)21-15-34-24(27-21)29-13-18(14-29)32-3/h5-6,11,15-16,18H,4,7-10,12-14H2,1-3H3,(H,25,30)(H,26,31)/t16-/m1/s1. The molecule has 34 heavy (non-hydrogen) atoms. The van der Waals surface area contributed by atoms with Crippen LogP contribution >= 0.6 is 11.3 Å². The second-order valence-corrected chi connectivity index (χ2v) is 9.62. The van der Waals surface area contributed by atoms with E-state index in [0.29, 0.717) is 30.2 Å². The summed E-state index contributed by atoms with van der Waals surface area (Å²) in [6.07, 6.45) is 1.03. The minimum Gasteiger partial charge on any atom is -0.379 e. The number of rotatable bonds is 9. The van der Waals surface area contributed by atoms with Gasteiger partial charge in [0.05, 0.1) is 30.6 Å². The number of benzene rings is 1. The fraction of sp³-hybridized carbons (Fsp3) is 0.542. The lowest BCUT2D eigenvalue weighted by Gasteiger charge is -2.37. The van der Waals surface area contributed by atoms with Crippen molar-refractivity contribution < 1.29 is 19.1 Å². The molecule has 0 aliphatic carbocycles. The van der Waals surface area contributed by atoms with E-state index in [-0.39, 0.29) is 24.0 Å². The number of morpholine rings is 1. The maximum Gasteiger partial charge on any atom is 0.275 e. The summed E-state index contributed by atoms with van der Waals surface area (Å²) < 4.78 is 10.7. The van der Waals surface area contributed by atoms with E-state index in [0.717, 1.165) is 49.8 Å². The van der Waals surface area contributed by atoms with Crippen molar-refractivity contribution in [3.05, 3.63) is 40.4 Å². The zero-order valence-corrected chi connectivity index (χ0v) is 20.8. The van der Waals surface area contributed by atoms with Crippen molar-refractivity contribution in [3.63, 3.8) is 0 Å². The van der Waals surface area contributed by atoms with Crippen molar-refractivity contribution in [2.24, 2.45) is 0 Å². The van der Waals surface area contributed by atoms with Crippen LogP contribution in [0.2, 0.25) is 0 Å². The Morgan fingerprint density at radius 2 is 2.03 bits per heavy atom. The van der Waals surface area contributed by atoms with Gasteiger partial charge in [0, 0.05) is 51.3 Å². The number of nitrogens with one attached hydrogen (secondary N) is 2. The van der Waals surface area contributed by atoms with Crippen LogP contribution in [0, 0.1) is 0 Å². The summed E-state index contributed by atoms with van der Waals surface area (Å²) in [5, 5.41) is 8.47. The van der Waals surface area contributed by atoms with Crippen LogP contribution in [0.4, 0.5) is 10.8 Å². The molecule has 0 bridgehead atoms. The van der Waals surface area contributed by atoms with Crippen LogP contribution in [0.3, 0.4) is 0 Å². The normalized spacial score (nSPS) is 17.8. The third kappa shape index (κ3) is 5.93. The van der Waals surface area contributed by atoms with E-state index in [4.69, 9.17) is 9.47 Å². The first kappa shape index (κ1) is 24.6. The third-order valence-electron chi connectivity index (χ3n) is 6.25. The van der Waals surface area contributed by atoms with E-state index in [1.54, 1.807) is 12.5 Å². The quantitative estimate of drug-likeness (QED) is 0.561. The second kappa shape index (κ2) is 11.3. The number of carbonyl (C=O) groups is 2. The van der Waals surface area contributed by atoms with Crippen molar-refractivity contribution in [1.29, 1.82) is 0 Å². The number of nitrogens with zero attached hydrogens (tertiary/aromatic N) is 3. The Labute approximate surface area is 204 Å². The average molecular weight is 488 g/mol. The van der Waals surface area contributed by atoms with Gasteiger partial charge in [-0.05, 0) is 31.0 Å². The highest BCUT2D eigenvalue weighted by Crippen LogP contribution is 2.27. The van der Waals surface area contributed by atoms with Gasteiger partial charge in [0.1, 0.15) is 5.69 Å². The molecule has 2 saturated heterocycles. The number of hydrogen-bond donors (Lipinski definition) is 2. The molecule has 4 rings (SSSR count). The number of anilines is 2. The lowest BCUT2D eigenvalue weighted by Crippen LogP contribution is -2.51. The number of carbonyl (C=O) groups excluding carboxylic acids is 2.